The fourth-order valence-electron chi connectivity index (χ4n) is 1.59. The second kappa shape index (κ2) is 6.36. The Labute approximate surface area is 124 Å². The molecule has 0 saturated carbocycles. The number of aromatic nitrogens is 1. The molecular weight excluding hydrogens is 301 g/mol. The molecule has 1 aromatic carbocycles. The molecule has 0 aliphatic rings. The molecule has 0 bridgehead atoms. The lowest BCUT2D eigenvalue weighted by atomic mass is 10.3. The molecule has 0 spiro atoms. The summed E-state index contributed by atoms with van der Waals surface area (Å²) in [5, 5.41) is 13.7. The minimum absolute atomic E-state index is 0.141. The van der Waals surface area contributed by atoms with Gasteiger partial charge in [0.2, 0.25) is 0 Å². The van der Waals surface area contributed by atoms with Crippen LogP contribution in [-0.2, 0) is 0 Å². The molecule has 2 rings (SSSR count). The molecule has 1 aromatic heterocycles. The minimum Gasteiger partial charge on any atom is -0.430 e. The zero-order chi connectivity index (χ0) is 15.4. The lowest BCUT2D eigenvalue weighted by Crippen LogP contribution is -2.03. The number of hydrogen-bond acceptors (Lipinski definition) is 5. The molecule has 0 unspecified atom stereocenters. The van der Waals surface area contributed by atoms with Gasteiger partial charge in [-0.1, -0.05) is 17.7 Å². The first-order valence-electron chi connectivity index (χ1n) is 6.04. The van der Waals surface area contributed by atoms with Gasteiger partial charge in [0.05, 0.1) is 9.95 Å². The van der Waals surface area contributed by atoms with Gasteiger partial charge in [0.1, 0.15) is 5.82 Å². The van der Waals surface area contributed by atoms with Crippen molar-refractivity contribution in [2.75, 3.05) is 11.9 Å². The third-order valence-electron chi connectivity index (χ3n) is 2.52. The van der Waals surface area contributed by atoms with Gasteiger partial charge in [0.15, 0.2) is 11.6 Å². The van der Waals surface area contributed by atoms with E-state index in [0.29, 0.717) is 12.4 Å². The number of nitrogens with zero attached hydrogens (tertiary/aromatic N) is 2. The van der Waals surface area contributed by atoms with E-state index in [9.17, 15) is 14.5 Å². The molecule has 0 aliphatic carbocycles. The largest absolute Gasteiger partial charge is 0.430 e. The van der Waals surface area contributed by atoms with Crippen molar-refractivity contribution in [3.63, 3.8) is 0 Å². The van der Waals surface area contributed by atoms with E-state index in [0.717, 1.165) is 0 Å². The molecule has 1 N–H and O–H groups in total. The zero-order valence-corrected chi connectivity index (χ0v) is 11.7. The van der Waals surface area contributed by atoms with Crippen LogP contribution in [0.25, 0.3) is 0 Å². The van der Waals surface area contributed by atoms with Crippen molar-refractivity contribution in [2.24, 2.45) is 0 Å². The van der Waals surface area contributed by atoms with Gasteiger partial charge in [-0.15, -0.1) is 0 Å². The number of hydrogen-bond donors (Lipinski definition) is 1. The molecule has 0 radical (unpaired) electrons. The van der Waals surface area contributed by atoms with Crippen molar-refractivity contribution in [3.8, 4) is 11.6 Å². The normalized spacial score (nSPS) is 10.2. The molecule has 2 aromatic rings. The standard InChI is InChI=1S/C13H11ClFN3O3/c1-2-16-11-7-6-9(18(19)20)13(17-11)21-10-5-3-4-8(14)12(10)15/h3-7H,2H2,1H3,(H,16,17). The van der Waals surface area contributed by atoms with Crippen LogP contribution >= 0.6 is 11.6 Å². The van der Waals surface area contributed by atoms with Crippen LogP contribution in [0.3, 0.4) is 0 Å². The van der Waals surface area contributed by atoms with E-state index >= 15 is 0 Å². The van der Waals surface area contributed by atoms with Gasteiger partial charge in [0.25, 0.3) is 0 Å². The van der Waals surface area contributed by atoms with Gasteiger partial charge in [-0.05, 0) is 25.1 Å². The molecule has 6 nitrogen and oxygen atoms in total. The molecular formula is C13H11ClFN3O3. The Morgan fingerprint density at radius 3 is 2.86 bits per heavy atom. The maximum Gasteiger partial charge on any atom is 0.331 e. The van der Waals surface area contributed by atoms with E-state index in [-0.39, 0.29) is 22.3 Å². The van der Waals surface area contributed by atoms with Gasteiger partial charge >= 0.3 is 11.6 Å². The maximum absolute atomic E-state index is 13.8. The van der Waals surface area contributed by atoms with E-state index < -0.39 is 10.7 Å². The van der Waals surface area contributed by atoms with E-state index in [2.05, 4.69) is 10.3 Å². The average molecular weight is 312 g/mol. The Morgan fingerprint density at radius 1 is 1.43 bits per heavy atom. The highest BCUT2D eigenvalue weighted by molar-refractivity contribution is 6.30. The van der Waals surface area contributed by atoms with Crippen molar-refractivity contribution in [3.05, 3.63) is 51.3 Å². The summed E-state index contributed by atoms with van der Waals surface area (Å²) in [4.78, 5) is 14.3. The molecule has 110 valence electrons. The van der Waals surface area contributed by atoms with E-state index in [1.165, 1.54) is 30.3 Å². The molecule has 8 heteroatoms. The molecule has 0 aliphatic heterocycles. The summed E-state index contributed by atoms with van der Waals surface area (Å²) >= 11 is 5.64. The van der Waals surface area contributed by atoms with Gasteiger partial charge in [0, 0.05) is 12.6 Å². The summed E-state index contributed by atoms with van der Waals surface area (Å²) in [6.07, 6.45) is 0. The van der Waals surface area contributed by atoms with Crippen LogP contribution in [0.1, 0.15) is 6.92 Å². The first kappa shape index (κ1) is 15.0. The summed E-state index contributed by atoms with van der Waals surface area (Å²) in [5.74, 6) is -0.948. The monoisotopic (exact) mass is 311 g/mol. The predicted octanol–water partition coefficient (Wildman–Crippen LogP) is 4.01. The smallest absolute Gasteiger partial charge is 0.331 e. The first-order valence-corrected chi connectivity index (χ1v) is 6.42. The fourth-order valence-corrected chi connectivity index (χ4v) is 1.76. The fraction of sp³-hybridized carbons (Fsp3) is 0.154. The number of benzene rings is 1. The second-order valence-electron chi connectivity index (χ2n) is 3.96. The minimum atomic E-state index is -0.802. The van der Waals surface area contributed by atoms with E-state index in [1.807, 2.05) is 6.92 Å². The molecule has 0 saturated heterocycles. The van der Waals surface area contributed by atoms with Crippen LogP contribution in [0.15, 0.2) is 30.3 Å². The Hall–Kier alpha value is -2.41. The van der Waals surface area contributed by atoms with Crippen LogP contribution in [0.4, 0.5) is 15.9 Å². The van der Waals surface area contributed by atoms with Crippen LogP contribution in [0.5, 0.6) is 11.6 Å². The van der Waals surface area contributed by atoms with Crippen LogP contribution in [-0.4, -0.2) is 16.5 Å². The zero-order valence-electron chi connectivity index (χ0n) is 11.0. The van der Waals surface area contributed by atoms with Gasteiger partial charge in [-0.25, -0.2) is 4.39 Å². The van der Waals surface area contributed by atoms with E-state index in [4.69, 9.17) is 16.3 Å². The van der Waals surface area contributed by atoms with Crippen molar-refractivity contribution >= 4 is 23.1 Å². The molecule has 0 atom stereocenters. The summed E-state index contributed by atoms with van der Waals surface area (Å²) < 4.78 is 19.0. The number of halogens is 2. The summed E-state index contributed by atoms with van der Waals surface area (Å²) in [6, 6.07) is 6.82. The maximum atomic E-state index is 13.8. The molecule has 0 amide bonds. The number of nitro groups is 1. The highest BCUT2D eigenvalue weighted by Gasteiger charge is 2.20. The van der Waals surface area contributed by atoms with Crippen molar-refractivity contribution < 1.29 is 14.1 Å². The lowest BCUT2D eigenvalue weighted by Gasteiger charge is -2.09. The Balaban J connectivity index is 2.43. The van der Waals surface area contributed by atoms with Crippen molar-refractivity contribution in [1.82, 2.24) is 4.98 Å². The van der Waals surface area contributed by atoms with Crippen LogP contribution < -0.4 is 10.1 Å². The number of ether oxygens (including phenoxy) is 1. The second-order valence-corrected chi connectivity index (χ2v) is 4.37. The van der Waals surface area contributed by atoms with Crippen LogP contribution in [0, 0.1) is 15.9 Å². The Kier molecular flexibility index (Phi) is 4.54. The Bertz CT molecular complexity index is 682. The van der Waals surface area contributed by atoms with Gasteiger partial charge in [-0.3, -0.25) is 10.1 Å². The summed E-state index contributed by atoms with van der Waals surface area (Å²) in [6.45, 7) is 2.43. The van der Waals surface area contributed by atoms with Gasteiger partial charge < -0.3 is 10.1 Å². The first-order chi connectivity index (χ1) is 10.0. The molecule has 0 fully saturated rings. The molecule has 21 heavy (non-hydrogen) atoms. The van der Waals surface area contributed by atoms with Gasteiger partial charge in [-0.2, -0.15) is 4.98 Å². The van der Waals surface area contributed by atoms with Crippen LogP contribution in [0.2, 0.25) is 5.02 Å². The average Bonchev–Trinajstić information content (AvgIpc) is 2.44. The number of nitrogens with one attached hydrogen (secondary N) is 1. The Morgan fingerprint density at radius 2 is 2.19 bits per heavy atom. The number of rotatable bonds is 5. The highest BCUT2D eigenvalue weighted by atomic mass is 35.5. The molecule has 1 heterocycles. The third-order valence-corrected chi connectivity index (χ3v) is 2.81. The number of pyridine rings is 1. The predicted molar refractivity (Wildman–Crippen MR) is 76.5 cm³/mol. The SMILES string of the molecule is CCNc1ccc([N+](=O)[O-])c(Oc2cccc(Cl)c2F)n1. The quantitative estimate of drug-likeness (QED) is 0.667. The van der Waals surface area contributed by atoms with Crippen molar-refractivity contribution in [1.29, 1.82) is 0 Å². The van der Waals surface area contributed by atoms with E-state index in [1.54, 1.807) is 0 Å². The summed E-state index contributed by atoms with van der Waals surface area (Å²) in [5.41, 5.74) is -0.365. The lowest BCUT2D eigenvalue weighted by molar-refractivity contribution is -0.386. The topological polar surface area (TPSA) is 77.3 Å². The summed E-state index contributed by atoms with van der Waals surface area (Å²) in [7, 11) is 0. The third kappa shape index (κ3) is 3.38. The number of anilines is 1. The van der Waals surface area contributed by atoms with Crippen molar-refractivity contribution in [2.45, 2.75) is 6.92 Å². The highest BCUT2D eigenvalue weighted by Crippen LogP contribution is 2.33.